The number of hydrogen-bond donors (Lipinski definition) is 2. The van der Waals surface area contributed by atoms with Crippen molar-refractivity contribution < 1.29 is 19.4 Å². The summed E-state index contributed by atoms with van der Waals surface area (Å²) in [4.78, 5) is 16.9. The quantitative estimate of drug-likeness (QED) is 0.595. The number of carbonyl (C=O) groups excluding carboxylic acids is 1. The number of nitriles is 1. The number of ether oxygens (including phenoxy) is 2. The molecule has 33 heavy (non-hydrogen) atoms. The number of methoxy groups -OCH3 is 2. The van der Waals surface area contributed by atoms with Gasteiger partial charge in [-0.3, -0.25) is 4.79 Å². The summed E-state index contributed by atoms with van der Waals surface area (Å²) in [5.41, 5.74) is 1.92. The van der Waals surface area contributed by atoms with Crippen molar-refractivity contribution in [3.63, 3.8) is 0 Å². The number of aromatic hydroxyl groups is 1. The summed E-state index contributed by atoms with van der Waals surface area (Å²) >= 11 is 0. The monoisotopic (exact) mass is 447 g/mol. The minimum absolute atomic E-state index is 0.127. The molecule has 1 aromatic carbocycles. The second-order valence-electron chi connectivity index (χ2n) is 7.91. The zero-order valence-corrected chi connectivity index (χ0v) is 18.5. The lowest BCUT2D eigenvalue weighted by molar-refractivity contribution is 0.0599. The van der Waals surface area contributed by atoms with Crippen LogP contribution in [0.2, 0.25) is 0 Å². The SMILES string of the molecule is COc1cc(C#N)ccc1-c1cnn(-c2ccc(C(=O)N[C@H]3CC[C@H](OC)CC3)cn2)c1O. The number of amides is 1. The Hall–Kier alpha value is -3.90. The number of rotatable bonds is 6. The minimum Gasteiger partial charge on any atom is -0.496 e. The van der Waals surface area contributed by atoms with Crippen LogP contribution in [0, 0.1) is 11.3 Å². The summed E-state index contributed by atoms with van der Waals surface area (Å²) in [6, 6.07) is 10.4. The van der Waals surface area contributed by atoms with Crippen LogP contribution in [0.5, 0.6) is 11.6 Å². The lowest BCUT2D eigenvalue weighted by atomic mass is 9.93. The van der Waals surface area contributed by atoms with Gasteiger partial charge in [0.15, 0.2) is 5.82 Å². The van der Waals surface area contributed by atoms with E-state index in [0.29, 0.717) is 33.8 Å². The van der Waals surface area contributed by atoms with Gasteiger partial charge in [0.25, 0.3) is 5.91 Å². The molecule has 2 heterocycles. The summed E-state index contributed by atoms with van der Waals surface area (Å²) in [6.45, 7) is 0. The van der Waals surface area contributed by atoms with Crippen molar-refractivity contribution in [3.8, 4) is 34.6 Å². The summed E-state index contributed by atoms with van der Waals surface area (Å²) < 4.78 is 12.0. The maximum atomic E-state index is 12.6. The molecule has 9 heteroatoms. The van der Waals surface area contributed by atoms with Crippen LogP contribution in [0.4, 0.5) is 0 Å². The van der Waals surface area contributed by atoms with E-state index in [2.05, 4.69) is 21.5 Å². The Morgan fingerprint density at radius 3 is 2.58 bits per heavy atom. The van der Waals surface area contributed by atoms with E-state index in [9.17, 15) is 9.90 Å². The first-order valence-electron chi connectivity index (χ1n) is 10.7. The molecule has 1 aliphatic rings. The Morgan fingerprint density at radius 1 is 1.15 bits per heavy atom. The maximum absolute atomic E-state index is 12.6. The largest absolute Gasteiger partial charge is 0.496 e. The number of nitrogens with zero attached hydrogens (tertiary/aromatic N) is 4. The van der Waals surface area contributed by atoms with Gasteiger partial charge in [-0.1, -0.05) is 0 Å². The Morgan fingerprint density at radius 2 is 1.94 bits per heavy atom. The normalized spacial score (nSPS) is 17.8. The van der Waals surface area contributed by atoms with Gasteiger partial charge in [0.2, 0.25) is 5.88 Å². The van der Waals surface area contributed by atoms with E-state index in [1.165, 1.54) is 24.2 Å². The van der Waals surface area contributed by atoms with Crippen LogP contribution in [0.3, 0.4) is 0 Å². The van der Waals surface area contributed by atoms with Crippen molar-refractivity contribution in [1.82, 2.24) is 20.1 Å². The molecule has 1 fully saturated rings. The standard InChI is InChI=1S/C24H25N5O4/c1-32-18-7-5-17(6-8-18)28-23(30)16-4-10-22(26-13-16)29-24(31)20(14-27-29)19-9-3-15(12-25)11-21(19)33-2/h3-4,9-11,13-14,17-18,31H,5-8H2,1-2H3,(H,28,30)/t17-,18-. The highest BCUT2D eigenvalue weighted by Crippen LogP contribution is 2.37. The van der Waals surface area contributed by atoms with Gasteiger partial charge in [0.05, 0.1) is 42.2 Å². The van der Waals surface area contributed by atoms with Crippen LogP contribution in [0.15, 0.2) is 42.7 Å². The number of carbonyl (C=O) groups is 1. The maximum Gasteiger partial charge on any atom is 0.253 e. The molecular formula is C24H25N5O4. The molecule has 3 aromatic rings. The van der Waals surface area contributed by atoms with E-state index in [0.717, 1.165) is 25.7 Å². The molecule has 0 unspecified atom stereocenters. The first-order chi connectivity index (χ1) is 16.0. The van der Waals surface area contributed by atoms with Crippen LogP contribution in [0.1, 0.15) is 41.6 Å². The van der Waals surface area contributed by atoms with Crippen molar-refractivity contribution in [2.45, 2.75) is 37.8 Å². The molecule has 1 saturated carbocycles. The summed E-state index contributed by atoms with van der Waals surface area (Å²) in [5, 5.41) is 27.1. The summed E-state index contributed by atoms with van der Waals surface area (Å²) in [7, 11) is 3.22. The molecule has 0 aliphatic heterocycles. The zero-order valence-electron chi connectivity index (χ0n) is 18.5. The van der Waals surface area contributed by atoms with Crippen molar-refractivity contribution in [2.75, 3.05) is 14.2 Å². The second kappa shape index (κ2) is 9.71. The lowest BCUT2D eigenvalue weighted by Gasteiger charge is -2.28. The van der Waals surface area contributed by atoms with E-state index in [-0.39, 0.29) is 23.9 Å². The Balaban J connectivity index is 1.49. The van der Waals surface area contributed by atoms with Crippen LogP contribution < -0.4 is 10.1 Å². The number of pyridine rings is 1. The molecule has 170 valence electrons. The van der Waals surface area contributed by atoms with Gasteiger partial charge >= 0.3 is 0 Å². The van der Waals surface area contributed by atoms with Gasteiger partial charge in [-0.25, -0.2) is 4.98 Å². The molecule has 4 rings (SSSR count). The van der Waals surface area contributed by atoms with Gasteiger partial charge in [-0.05, 0) is 56.0 Å². The molecule has 0 radical (unpaired) electrons. The highest BCUT2D eigenvalue weighted by Gasteiger charge is 2.23. The fourth-order valence-corrected chi connectivity index (χ4v) is 4.04. The van der Waals surface area contributed by atoms with Crippen LogP contribution in [-0.4, -0.2) is 52.1 Å². The first kappa shape index (κ1) is 22.3. The molecule has 0 spiro atoms. The number of aromatic nitrogens is 3. The fraction of sp³-hybridized carbons (Fsp3) is 0.333. The molecule has 9 nitrogen and oxygen atoms in total. The van der Waals surface area contributed by atoms with Crippen LogP contribution >= 0.6 is 0 Å². The van der Waals surface area contributed by atoms with Gasteiger partial charge in [0, 0.05) is 24.9 Å². The molecule has 0 atom stereocenters. The Kier molecular flexibility index (Phi) is 6.56. The Bertz CT molecular complexity index is 1170. The van der Waals surface area contributed by atoms with Gasteiger partial charge in [-0.2, -0.15) is 15.0 Å². The second-order valence-corrected chi connectivity index (χ2v) is 7.91. The predicted molar refractivity (Wildman–Crippen MR) is 120 cm³/mol. The fourth-order valence-electron chi connectivity index (χ4n) is 4.04. The van der Waals surface area contributed by atoms with E-state index >= 15 is 0 Å². The van der Waals surface area contributed by atoms with E-state index in [1.54, 1.807) is 37.4 Å². The average molecular weight is 447 g/mol. The molecule has 2 aromatic heterocycles. The van der Waals surface area contributed by atoms with Gasteiger partial charge in [0.1, 0.15) is 5.75 Å². The van der Waals surface area contributed by atoms with Crippen LogP contribution in [0.25, 0.3) is 16.9 Å². The Labute approximate surface area is 191 Å². The lowest BCUT2D eigenvalue weighted by Crippen LogP contribution is -2.38. The third-order valence-electron chi connectivity index (χ3n) is 5.93. The van der Waals surface area contributed by atoms with Crippen molar-refractivity contribution in [3.05, 3.63) is 53.9 Å². The highest BCUT2D eigenvalue weighted by molar-refractivity contribution is 5.94. The van der Waals surface area contributed by atoms with Crippen LogP contribution in [-0.2, 0) is 4.74 Å². The smallest absolute Gasteiger partial charge is 0.253 e. The topological polar surface area (TPSA) is 122 Å². The molecule has 2 N–H and O–H groups in total. The van der Waals surface area contributed by atoms with Gasteiger partial charge < -0.3 is 19.9 Å². The minimum atomic E-state index is -0.178. The third kappa shape index (κ3) is 4.66. The first-order valence-corrected chi connectivity index (χ1v) is 10.7. The summed E-state index contributed by atoms with van der Waals surface area (Å²) in [5.74, 6) is 0.507. The number of nitrogens with one attached hydrogen (secondary N) is 1. The molecule has 0 saturated heterocycles. The van der Waals surface area contributed by atoms with Crippen molar-refractivity contribution in [1.29, 1.82) is 5.26 Å². The van der Waals surface area contributed by atoms with E-state index in [1.807, 2.05) is 0 Å². The zero-order chi connectivity index (χ0) is 23.4. The molecule has 1 aliphatic carbocycles. The van der Waals surface area contributed by atoms with Crippen molar-refractivity contribution in [2.24, 2.45) is 0 Å². The van der Waals surface area contributed by atoms with E-state index in [4.69, 9.17) is 14.7 Å². The van der Waals surface area contributed by atoms with E-state index < -0.39 is 0 Å². The third-order valence-corrected chi connectivity index (χ3v) is 5.93. The highest BCUT2D eigenvalue weighted by atomic mass is 16.5. The predicted octanol–water partition coefficient (Wildman–Crippen LogP) is 3.21. The molecular weight excluding hydrogens is 422 g/mol. The number of hydrogen-bond acceptors (Lipinski definition) is 7. The van der Waals surface area contributed by atoms with Gasteiger partial charge in [-0.15, -0.1) is 0 Å². The molecule has 0 bridgehead atoms. The van der Waals surface area contributed by atoms with Crippen molar-refractivity contribution >= 4 is 5.91 Å². The molecule has 1 amide bonds. The summed E-state index contributed by atoms with van der Waals surface area (Å²) in [6.07, 6.45) is 6.88. The average Bonchev–Trinajstić information content (AvgIpc) is 3.25. The number of benzene rings is 1.